The van der Waals surface area contributed by atoms with Crippen molar-refractivity contribution < 1.29 is 0 Å². The number of hydrogen-bond donors (Lipinski definition) is 1. The first-order valence-corrected chi connectivity index (χ1v) is 7.45. The molecule has 0 saturated carbocycles. The molecular weight excluding hydrogens is 264 g/mol. The van der Waals surface area contributed by atoms with Crippen molar-refractivity contribution in [1.29, 1.82) is 0 Å². The molecule has 0 aromatic carbocycles. The van der Waals surface area contributed by atoms with Crippen LogP contribution in [0.1, 0.15) is 24.4 Å². The zero-order valence-corrected chi connectivity index (χ0v) is 12.7. The summed E-state index contributed by atoms with van der Waals surface area (Å²) >= 11 is 0. The fourth-order valence-electron chi connectivity index (χ4n) is 2.84. The maximum atomic E-state index is 4.51. The predicted octanol–water partition coefficient (Wildman–Crippen LogP) is 1.61. The van der Waals surface area contributed by atoms with Gasteiger partial charge in [-0.25, -0.2) is 15.0 Å². The largest absolute Gasteiger partial charge is 0.348 e. The maximum absolute atomic E-state index is 4.51. The number of hydrogen-bond acceptors (Lipinski definition) is 5. The Morgan fingerprint density at radius 2 is 2.10 bits per heavy atom. The summed E-state index contributed by atoms with van der Waals surface area (Å²) in [6, 6.07) is 2.53. The van der Waals surface area contributed by atoms with Crippen LogP contribution in [0.15, 0.2) is 24.7 Å². The molecule has 0 amide bonds. The number of piperidine rings is 1. The minimum absolute atomic E-state index is 0.594. The van der Waals surface area contributed by atoms with Crippen molar-refractivity contribution in [3.8, 4) is 0 Å². The number of H-pyrrole nitrogens is 1. The first-order valence-electron chi connectivity index (χ1n) is 7.45. The number of imidazole rings is 1. The van der Waals surface area contributed by atoms with Gasteiger partial charge in [0.25, 0.3) is 0 Å². The van der Waals surface area contributed by atoms with Gasteiger partial charge in [-0.3, -0.25) is 4.90 Å². The van der Waals surface area contributed by atoms with Gasteiger partial charge in [-0.05, 0) is 32.9 Å². The molecule has 0 bridgehead atoms. The van der Waals surface area contributed by atoms with Crippen molar-refractivity contribution in [1.82, 2.24) is 24.8 Å². The van der Waals surface area contributed by atoms with E-state index in [4.69, 9.17) is 0 Å². The first kappa shape index (κ1) is 14.0. The summed E-state index contributed by atoms with van der Waals surface area (Å²) in [5.41, 5.74) is 1.03. The van der Waals surface area contributed by atoms with E-state index in [0.717, 1.165) is 49.9 Å². The smallest absolute Gasteiger partial charge is 0.225 e. The number of anilines is 1. The van der Waals surface area contributed by atoms with E-state index in [1.165, 1.54) is 0 Å². The highest BCUT2D eigenvalue weighted by molar-refractivity contribution is 5.30. The molecule has 1 aliphatic rings. The Morgan fingerprint density at radius 1 is 1.29 bits per heavy atom. The highest BCUT2D eigenvalue weighted by atomic mass is 15.3. The molecule has 2 aromatic heterocycles. The predicted molar refractivity (Wildman–Crippen MR) is 82.1 cm³/mol. The minimum Gasteiger partial charge on any atom is -0.348 e. The summed E-state index contributed by atoms with van der Waals surface area (Å²) in [6.07, 6.45) is 7.79. The van der Waals surface area contributed by atoms with Crippen molar-refractivity contribution in [2.24, 2.45) is 0 Å². The lowest BCUT2D eigenvalue weighted by atomic mass is 10.0. The van der Waals surface area contributed by atoms with Gasteiger partial charge in [-0.15, -0.1) is 0 Å². The molecule has 6 nitrogen and oxygen atoms in total. The second-order valence-electron chi connectivity index (χ2n) is 5.67. The second kappa shape index (κ2) is 6.22. The SMILES string of the molecule is Cc1ccnc(N2CCC(N(C)Cc3ncc[nH]3)CC2)n1. The first-order chi connectivity index (χ1) is 10.2. The number of aromatic amines is 1. The zero-order chi connectivity index (χ0) is 14.7. The van der Waals surface area contributed by atoms with E-state index in [1.54, 1.807) is 6.20 Å². The van der Waals surface area contributed by atoms with Crippen LogP contribution in [-0.4, -0.2) is 51.0 Å². The molecule has 2 aromatic rings. The van der Waals surface area contributed by atoms with E-state index >= 15 is 0 Å². The molecule has 1 N–H and O–H groups in total. The molecule has 3 heterocycles. The van der Waals surface area contributed by atoms with E-state index in [0.29, 0.717) is 6.04 Å². The lowest BCUT2D eigenvalue weighted by Gasteiger charge is -2.36. The summed E-state index contributed by atoms with van der Waals surface area (Å²) in [5, 5.41) is 0. The van der Waals surface area contributed by atoms with Crippen molar-refractivity contribution in [3.05, 3.63) is 36.2 Å². The Labute approximate surface area is 125 Å². The average Bonchev–Trinajstić information content (AvgIpc) is 3.00. The second-order valence-corrected chi connectivity index (χ2v) is 5.67. The van der Waals surface area contributed by atoms with Gasteiger partial charge in [0.1, 0.15) is 5.82 Å². The third-order valence-electron chi connectivity index (χ3n) is 4.11. The quantitative estimate of drug-likeness (QED) is 0.925. The summed E-state index contributed by atoms with van der Waals surface area (Å²) in [5.74, 6) is 1.89. The van der Waals surface area contributed by atoms with Gasteiger partial charge in [0.2, 0.25) is 5.95 Å². The van der Waals surface area contributed by atoms with Crippen LogP contribution in [0.5, 0.6) is 0 Å². The van der Waals surface area contributed by atoms with E-state index in [-0.39, 0.29) is 0 Å². The van der Waals surface area contributed by atoms with Crippen LogP contribution >= 0.6 is 0 Å². The number of aryl methyl sites for hydroxylation is 1. The van der Waals surface area contributed by atoms with Gasteiger partial charge in [-0.2, -0.15) is 0 Å². The van der Waals surface area contributed by atoms with Crippen LogP contribution < -0.4 is 4.90 Å². The van der Waals surface area contributed by atoms with E-state index in [1.807, 2.05) is 25.4 Å². The van der Waals surface area contributed by atoms with Gasteiger partial charge in [0, 0.05) is 43.4 Å². The number of nitrogens with zero attached hydrogens (tertiary/aromatic N) is 5. The number of aromatic nitrogens is 4. The van der Waals surface area contributed by atoms with Crippen LogP contribution in [0, 0.1) is 6.92 Å². The Morgan fingerprint density at radius 3 is 2.76 bits per heavy atom. The summed E-state index contributed by atoms with van der Waals surface area (Å²) in [7, 11) is 2.17. The summed E-state index contributed by atoms with van der Waals surface area (Å²) in [6.45, 7) is 4.90. The molecular formula is C15H22N6. The fraction of sp³-hybridized carbons (Fsp3) is 0.533. The van der Waals surface area contributed by atoms with Crippen molar-refractivity contribution in [3.63, 3.8) is 0 Å². The van der Waals surface area contributed by atoms with Gasteiger partial charge in [0.05, 0.1) is 6.54 Å². The van der Waals surface area contributed by atoms with Gasteiger partial charge < -0.3 is 9.88 Å². The standard InChI is InChI=1S/C15H22N6/c1-12-3-6-18-15(19-12)21-9-4-13(5-10-21)20(2)11-14-16-7-8-17-14/h3,6-8,13H,4-5,9-11H2,1-2H3,(H,16,17). The van der Waals surface area contributed by atoms with Gasteiger partial charge >= 0.3 is 0 Å². The zero-order valence-electron chi connectivity index (χ0n) is 12.7. The maximum Gasteiger partial charge on any atom is 0.225 e. The number of rotatable bonds is 4. The molecule has 1 fully saturated rings. The lowest BCUT2D eigenvalue weighted by Crippen LogP contribution is -2.43. The Bertz CT molecular complexity index is 559. The molecule has 0 aliphatic carbocycles. The third kappa shape index (κ3) is 3.39. The van der Waals surface area contributed by atoms with Crippen LogP contribution in [0.4, 0.5) is 5.95 Å². The molecule has 0 unspecified atom stereocenters. The van der Waals surface area contributed by atoms with E-state index in [2.05, 4.69) is 36.8 Å². The normalized spacial score (nSPS) is 16.6. The molecule has 0 radical (unpaired) electrons. The van der Waals surface area contributed by atoms with E-state index < -0.39 is 0 Å². The fourth-order valence-corrected chi connectivity index (χ4v) is 2.84. The molecule has 1 saturated heterocycles. The number of nitrogens with one attached hydrogen (secondary N) is 1. The molecule has 112 valence electrons. The van der Waals surface area contributed by atoms with Crippen LogP contribution in [-0.2, 0) is 6.54 Å². The molecule has 0 spiro atoms. The highest BCUT2D eigenvalue weighted by Gasteiger charge is 2.24. The highest BCUT2D eigenvalue weighted by Crippen LogP contribution is 2.20. The van der Waals surface area contributed by atoms with Crippen LogP contribution in [0.25, 0.3) is 0 Å². The monoisotopic (exact) mass is 286 g/mol. The van der Waals surface area contributed by atoms with Crippen LogP contribution in [0.2, 0.25) is 0 Å². The summed E-state index contributed by atoms with van der Waals surface area (Å²) < 4.78 is 0. The van der Waals surface area contributed by atoms with Gasteiger partial charge in [-0.1, -0.05) is 0 Å². The Kier molecular flexibility index (Phi) is 4.15. The molecule has 1 aliphatic heterocycles. The molecule has 21 heavy (non-hydrogen) atoms. The molecule has 0 atom stereocenters. The minimum atomic E-state index is 0.594. The van der Waals surface area contributed by atoms with Crippen molar-refractivity contribution in [2.45, 2.75) is 32.4 Å². The summed E-state index contributed by atoms with van der Waals surface area (Å²) in [4.78, 5) is 21.0. The van der Waals surface area contributed by atoms with Gasteiger partial charge in [0.15, 0.2) is 0 Å². The van der Waals surface area contributed by atoms with Crippen LogP contribution in [0.3, 0.4) is 0 Å². The average molecular weight is 286 g/mol. The molecule has 3 rings (SSSR count). The van der Waals surface area contributed by atoms with Crippen molar-refractivity contribution >= 4 is 5.95 Å². The van der Waals surface area contributed by atoms with E-state index in [9.17, 15) is 0 Å². The Hall–Kier alpha value is -1.95. The topological polar surface area (TPSA) is 60.9 Å². The lowest BCUT2D eigenvalue weighted by molar-refractivity contribution is 0.196. The Balaban J connectivity index is 1.55. The third-order valence-corrected chi connectivity index (χ3v) is 4.11. The molecule has 6 heteroatoms. The van der Waals surface area contributed by atoms with Crippen molar-refractivity contribution in [2.75, 3.05) is 25.0 Å².